The molecule has 1 aromatic heterocycles. The van der Waals surface area contributed by atoms with Crippen LogP contribution in [0.5, 0.6) is 0 Å². The number of piperidine rings is 1. The van der Waals surface area contributed by atoms with E-state index in [4.69, 9.17) is 4.74 Å². The summed E-state index contributed by atoms with van der Waals surface area (Å²) in [6.45, 7) is 2.84. The maximum absolute atomic E-state index is 12.8. The Hall–Kier alpha value is -2.67. The number of anilines is 1. The van der Waals surface area contributed by atoms with Crippen LogP contribution in [0.25, 0.3) is 0 Å². The zero-order valence-electron chi connectivity index (χ0n) is 15.4. The molecule has 27 heavy (non-hydrogen) atoms. The lowest BCUT2D eigenvalue weighted by atomic mass is 9.96. The number of benzene rings is 1. The second kappa shape index (κ2) is 8.35. The highest BCUT2D eigenvalue weighted by molar-refractivity contribution is 7.12. The molecule has 0 spiro atoms. The molecule has 6 nitrogen and oxygen atoms in total. The molecule has 0 bridgehead atoms. The van der Waals surface area contributed by atoms with E-state index in [-0.39, 0.29) is 17.7 Å². The van der Waals surface area contributed by atoms with Gasteiger partial charge in [-0.25, -0.2) is 4.79 Å². The predicted molar refractivity (Wildman–Crippen MR) is 104 cm³/mol. The van der Waals surface area contributed by atoms with Crippen LogP contribution < -0.4 is 5.32 Å². The van der Waals surface area contributed by atoms with Gasteiger partial charge in [-0.15, -0.1) is 11.3 Å². The van der Waals surface area contributed by atoms with Crippen molar-refractivity contribution in [2.45, 2.75) is 19.8 Å². The fourth-order valence-corrected chi connectivity index (χ4v) is 3.96. The molecule has 2 aromatic rings. The van der Waals surface area contributed by atoms with E-state index in [1.54, 1.807) is 36.1 Å². The van der Waals surface area contributed by atoms with E-state index in [0.29, 0.717) is 34.8 Å². The number of carbonyl (C=O) groups excluding carboxylic acids is 3. The average molecular weight is 386 g/mol. The molecule has 1 aromatic carbocycles. The number of methoxy groups -OCH3 is 1. The van der Waals surface area contributed by atoms with Crippen LogP contribution in [0.15, 0.2) is 35.7 Å². The smallest absolute Gasteiger partial charge is 0.338 e. The Bertz CT molecular complexity index is 848. The summed E-state index contributed by atoms with van der Waals surface area (Å²) in [5, 5.41) is 4.78. The summed E-state index contributed by atoms with van der Waals surface area (Å²) in [7, 11) is 1.33. The molecule has 1 N–H and O–H groups in total. The summed E-state index contributed by atoms with van der Waals surface area (Å²) in [4.78, 5) is 39.6. The number of nitrogens with one attached hydrogen (secondary N) is 1. The predicted octanol–water partition coefficient (Wildman–Crippen LogP) is 3.33. The fourth-order valence-electron chi connectivity index (χ4n) is 3.27. The van der Waals surface area contributed by atoms with Crippen LogP contribution in [-0.2, 0) is 9.53 Å². The molecular weight excluding hydrogens is 364 g/mol. The van der Waals surface area contributed by atoms with Crippen LogP contribution in [0.4, 0.5) is 5.69 Å². The van der Waals surface area contributed by atoms with Crippen LogP contribution >= 0.6 is 11.3 Å². The second-order valence-corrected chi connectivity index (χ2v) is 7.47. The van der Waals surface area contributed by atoms with Crippen molar-refractivity contribution in [3.05, 3.63) is 51.7 Å². The number of likely N-dealkylation sites (tertiary alicyclic amines) is 1. The van der Waals surface area contributed by atoms with Gasteiger partial charge in [-0.1, -0.05) is 12.1 Å². The SMILES string of the molecule is COC(=O)c1cccc(NC(=O)C2CCCN(C(=O)c3cccs3)C2)c1C. The summed E-state index contributed by atoms with van der Waals surface area (Å²) in [5.74, 6) is -0.868. The van der Waals surface area contributed by atoms with Gasteiger partial charge in [-0.05, 0) is 48.9 Å². The van der Waals surface area contributed by atoms with Crippen molar-refractivity contribution in [1.82, 2.24) is 4.90 Å². The first-order chi connectivity index (χ1) is 13.0. The first-order valence-corrected chi connectivity index (χ1v) is 9.70. The monoisotopic (exact) mass is 386 g/mol. The molecule has 3 rings (SSSR count). The van der Waals surface area contributed by atoms with Gasteiger partial charge in [0.2, 0.25) is 5.91 Å². The molecule has 0 saturated carbocycles. The van der Waals surface area contributed by atoms with Crippen LogP contribution in [-0.4, -0.2) is 42.9 Å². The maximum atomic E-state index is 12.8. The minimum absolute atomic E-state index is 0.0219. The molecule has 7 heteroatoms. The molecule has 1 fully saturated rings. The average Bonchev–Trinajstić information content (AvgIpc) is 3.23. The number of hydrogen-bond acceptors (Lipinski definition) is 5. The number of amides is 2. The van der Waals surface area contributed by atoms with Crippen molar-refractivity contribution in [2.75, 3.05) is 25.5 Å². The highest BCUT2D eigenvalue weighted by atomic mass is 32.1. The number of thiophene rings is 1. The van der Waals surface area contributed by atoms with Gasteiger partial charge in [0.05, 0.1) is 23.5 Å². The van der Waals surface area contributed by atoms with Crippen LogP contribution in [0.2, 0.25) is 0 Å². The molecule has 1 unspecified atom stereocenters. The van der Waals surface area contributed by atoms with E-state index in [1.165, 1.54) is 18.4 Å². The van der Waals surface area contributed by atoms with E-state index in [0.717, 1.165) is 12.8 Å². The number of esters is 1. The molecule has 1 aliphatic heterocycles. The molecule has 142 valence electrons. The van der Waals surface area contributed by atoms with Gasteiger partial charge in [0.15, 0.2) is 0 Å². The third kappa shape index (κ3) is 4.19. The fraction of sp³-hybridized carbons (Fsp3) is 0.350. The standard InChI is InChI=1S/C20H22N2O4S/c1-13-15(20(25)26-2)7-3-8-16(13)21-18(23)14-6-4-10-22(12-14)19(24)17-9-5-11-27-17/h3,5,7-9,11,14H,4,6,10,12H2,1-2H3,(H,21,23). The van der Waals surface area contributed by atoms with Crippen molar-refractivity contribution in [3.8, 4) is 0 Å². The highest BCUT2D eigenvalue weighted by Gasteiger charge is 2.29. The van der Waals surface area contributed by atoms with E-state index in [2.05, 4.69) is 5.32 Å². The number of carbonyl (C=O) groups is 3. The van der Waals surface area contributed by atoms with Crippen LogP contribution in [0.3, 0.4) is 0 Å². The van der Waals surface area contributed by atoms with E-state index in [9.17, 15) is 14.4 Å². The molecule has 0 aliphatic carbocycles. The van der Waals surface area contributed by atoms with Gasteiger partial charge in [-0.3, -0.25) is 9.59 Å². The largest absolute Gasteiger partial charge is 0.465 e. The zero-order valence-corrected chi connectivity index (χ0v) is 16.2. The second-order valence-electron chi connectivity index (χ2n) is 6.53. The van der Waals surface area contributed by atoms with Crippen molar-refractivity contribution >= 4 is 34.8 Å². The lowest BCUT2D eigenvalue weighted by Crippen LogP contribution is -2.43. The van der Waals surface area contributed by atoms with Crippen molar-refractivity contribution < 1.29 is 19.1 Å². The van der Waals surface area contributed by atoms with Crippen molar-refractivity contribution in [2.24, 2.45) is 5.92 Å². The van der Waals surface area contributed by atoms with Crippen molar-refractivity contribution in [3.63, 3.8) is 0 Å². The topological polar surface area (TPSA) is 75.7 Å². The van der Waals surface area contributed by atoms with Gasteiger partial charge in [-0.2, -0.15) is 0 Å². The third-order valence-corrected chi connectivity index (χ3v) is 5.67. The number of ether oxygens (including phenoxy) is 1. The first kappa shape index (κ1) is 19.1. The molecule has 2 heterocycles. The lowest BCUT2D eigenvalue weighted by molar-refractivity contribution is -0.121. The molecule has 2 amide bonds. The zero-order chi connectivity index (χ0) is 19.4. The minimum Gasteiger partial charge on any atom is -0.465 e. The van der Waals surface area contributed by atoms with E-state index >= 15 is 0 Å². The molecule has 0 radical (unpaired) electrons. The Morgan fingerprint density at radius 3 is 2.74 bits per heavy atom. The Morgan fingerprint density at radius 2 is 2.04 bits per heavy atom. The van der Waals surface area contributed by atoms with Crippen molar-refractivity contribution in [1.29, 1.82) is 0 Å². The van der Waals surface area contributed by atoms with E-state index < -0.39 is 5.97 Å². The number of hydrogen-bond donors (Lipinski definition) is 1. The van der Waals surface area contributed by atoms with Gasteiger partial charge in [0.1, 0.15) is 0 Å². The van der Waals surface area contributed by atoms with Gasteiger partial charge in [0, 0.05) is 18.8 Å². The maximum Gasteiger partial charge on any atom is 0.338 e. The number of nitrogens with zero attached hydrogens (tertiary/aromatic N) is 1. The van der Waals surface area contributed by atoms with Gasteiger partial charge in [0.25, 0.3) is 5.91 Å². The molecular formula is C20H22N2O4S. The Balaban J connectivity index is 1.69. The Labute approximate surface area is 162 Å². The van der Waals surface area contributed by atoms with E-state index in [1.807, 2.05) is 11.4 Å². The first-order valence-electron chi connectivity index (χ1n) is 8.83. The normalized spacial score (nSPS) is 16.7. The molecule has 1 saturated heterocycles. The lowest BCUT2D eigenvalue weighted by Gasteiger charge is -2.32. The summed E-state index contributed by atoms with van der Waals surface area (Å²) in [5.41, 5.74) is 1.68. The summed E-state index contributed by atoms with van der Waals surface area (Å²) >= 11 is 1.41. The summed E-state index contributed by atoms with van der Waals surface area (Å²) < 4.78 is 4.77. The van der Waals surface area contributed by atoms with Gasteiger partial charge >= 0.3 is 5.97 Å². The van der Waals surface area contributed by atoms with Gasteiger partial charge < -0.3 is 15.0 Å². The Morgan fingerprint density at radius 1 is 1.22 bits per heavy atom. The molecule has 1 atom stereocenters. The minimum atomic E-state index is -0.436. The molecule has 1 aliphatic rings. The number of rotatable bonds is 4. The highest BCUT2D eigenvalue weighted by Crippen LogP contribution is 2.24. The quantitative estimate of drug-likeness (QED) is 0.818. The third-order valence-electron chi connectivity index (χ3n) is 4.81. The summed E-state index contributed by atoms with van der Waals surface area (Å²) in [6.07, 6.45) is 1.52. The summed E-state index contributed by atoms with van der Waals surface area (Å²) in [6, 6.07) is 8.79. The Kier molecular flexibility index (Phi) is 5.91. The van der Waals surface area contributed by atoms with Crippen LogP contribution in [0, 0.1) is 12.8 Å². The van der Waals surface area contributed by atoms with Crippen LogP contribution in [0.1, 0.15) is 38.4 Å².